The summed E-state index contributed by atoms with van der Waals surface area (Å²) in [6.07, 6.45) is 7.59. The molecule has 23 heavy (non-hydrogen) atoms. The lowest BCUT2D eigenvalue weighted by atomic mass is 10.0. The number of aromatic nitrogens is 2. The van der Waals surface area contributed by atoms with Crippen LogP contribution in [0, 0.1) is 5.92 Å². The number of fused-ring (bicyclic) bond motifs is 1. The molecule has 2 aromatic heterocycles. The fourth-order valence-corrected chi connectivity index (χ4v) is 3.66. The highest BCUT2D eigenvalue weighted by Crippen LogP contribution is 2.35. The molecule has 1 saturated heterocycles. The van der Waals surface area contributed by atoms with E-state index in [0.717, 1.165) is 38.3 Å². The van der Waals surface area contributed by atoms with Crippen molar-refractivity contribution in [2.45, 2.75) is 31.5 Å². The zero-order valence-corrected chi connectivity index (χ0v) is 13.0. The van der Waals surface area contributed by atoms with Crippen molar-refractivity contribution in [1.29, 1.82) is 0 Å². The smallest absolute Gasteiger partial charge is 0.316 e. The Kier molecular flexibility index (Phi) is 4.26. The van der Waals surface area contributed by atoms with Crippen LogP contribution in [0.2, 0.25) is 0 Å². The predicted octanol–water partition coefficient (Wildman–Crippen LogP) is 2.13. The third-order valence-electron chi connectivity index (χ3n) is 4.74. The lowest BCUT2D eigenvalue weighted by Gasteiger charge is -2.38. The molecule has 2 aliphatic rings. The molecule has 6 nitrogen and oxygen atoms in total. The van der Waals surface area contributed by atoms with E-state index in [2.05, 4.69) is 14.9 Å². The highest BCUT2D eigenvalue weighted by molar-refractivity contribution is 5.02. The van der Waals surface area contributed by atoms with Crippen LogP contribution in [0.1, 0.15) is 18.6 Å². The van der Waals surface area contributed by atoms with Crippen molar-refractivity contribution in [2.75, 3.05) is 19.8 Å². The lowest BCUT2D eigenvalue weighted by molar-refractivity contribution is -0.0833. The van der Waals surface area contributed by atoms with Crippen LogP contribution >= 0.6 is 0 Å². The highest BCUT2D eigenvalue weighted by atomic mass is 16.5. The molecule has 0 amide bonds. The molecule has 0 radical (unpaired) electrons. The number of ether oxygens (including phenoxy) is 2. The molecule has 0 unspecified atom stereocenters. The first kappa shape index (κ1) is 14.7. The summed E-state index contributed by atoms with van der Waals surface area (Å²) in [4.78, 5) is 10.7. The molecule has 1 aliphatic carbocycles. The average Bonchev–Trinajstić information content (AvgIpc) is 3.24. The van der Waals surface area contributed by atoms with Crippen LogP contribution in [-0.2, 0) is 11.3 Å². The summed E-state index contributed by atoms with van der Waals surface area (Å²) in [5.41, 5.74) is 0. The maximum absolute atomic E-state index is 6.06. The van der Waals surface area contributed by atoms with Crippen LogP contribution in [0.3, 0.4) is 0 Å². The first-order valence-electron chi connectivity index (χ1n) is 8.18. The van der Waals surface area contributed by atoms with Gasteiger partial charge in [-0.15, -0.1) is 0 Å². The van der Waals surface area contributed by atoms with Gasteiger partial charge in [-0.2, -0.15) is 0 Å². The van der Waals surface area contributed by atoms with Crippen LogP contribution in [0.15, 0.2) is 41.3 Å². The number of furan rings is 1. The van der Waals surface area contributed by atoms with Crippen LogP contribution in [0.4, 0.5) is 0 Å². The number of morpholine rings is 1. The summed E-state index contributed by atoms with van der Waals surface area (Å²) in [7, 11) is 0. The van der Waals surface area contributed by atoms with Gasteiger partial charge >= 0.3 is 6.01 Å². The second-order valence-corrected chi connectivity index (χ2v) is 6.13. The molecular weight excluding hydrogens is 294 g/mol. The summed E-state index contributed by atoms with van der Waals surface area (Å²) in [5.74, 6) is 1.41. The fraction of sp³-hybridized carbons (Fsp3) is 0.529. The Morgan fingerprint density at radius 3 is 2.96 bits per heavy atom. The second kappa shape index (κ2) is 6.68. The van der Waals surface area contributed by atoms with E-state index in [1.165, 1.54) is 0 Å². The van der Waals surface area contributed by atoms with E-state index >= 15 is 0 Å². The molecular formula is C17H21N3O3. The van der Waals surface area contributed by atoms with Gasteiger partial charge in [-0.05, 0) is 31.0 Å². The van der Waals surface area contributed by atoms with E-state index in [-0.39, 0.29) is 6.10 Å². The number of nitrogens with zero attached hydrogens (tertiary/aromatic N) is 3. The van der Waals surface area contributed by atoms with Crippen molar-refractivity contribution >= 4 is 0 Å². The Bertz CT molecular complexity index is 605. The highest BCUT2D eigenvalue weighted by Gasteiger charge is 2.43. The van der Waals surface area contributed by atoms with Gasteiger partial charge in [0.15, 0.2) is 0 Å². The second-order valence-electron chi connectivity index (χ2n) is 6.13. The van der Waals surface area contributed by atoms with Crippen LogP contribution in [0.5, 0.6) is 6.01 Å². The first-order chi connectivity index (χ1) is 11.4. The Morgan fingerprint density at radius 1 is 1.22 bits per heavy atom. The largest absolute Gasteiger partial charge is 0.468 e. The minimum atomic E-state index is 0.224. The van der Waals surface area contributed by atoms with Gasteiger partial charge in [0, 0.05) is 30.9 Å². The summed E-state index contributed by atoms with van der Waals surface area (Å²) < 4.78 is 17.3. The fourth-order valence-electron chi connectivity index (χ4n) is 3.66. The molecule has 3 atom stereocenters. The Hall–Kier alpha value is -1.92. The van der Waals surface area contributed by atoms with Gasteiger partial charge in [0.2, 0.25) is 0 Å². The van der Waals surface area contributed by atoms with Crippen LogP contribution in [0.25, 0.3) is 0 Å². The maximum atomic E-state index is 6.06. The molecule has 0 spiro atoms. The van der Waals surface area contributed by atoms with Crippen molar-refractivity contribution in [3.8, 4) is 6.01 Å². The molecule has 4 rings (SSSR count). The average molecular weight is 315 g/mol. The van der Waals surface area contributed by atoms with E-state index in [1.54, 1.807) is 24.7 Å². The Morgan fingerprint density at radius 2 is 2.13 bits per heavy atom. The standard InChI is InChI=1S/C17H21N3O3/c1-3-14(21-9-1)11-20-8-10-22-16-13(4-5-15(16)20)12-23-17-18-6-2-7-19-17/h1-3,6-7,9,13,15-16H,4-5,8,10-12H2/t13-,15+,16+/m1/s1. The van der Waals surface area contributed by atoms with Crippen molar-refractivity contribution in [3.05, 3.63) is 42.6 Å². The van der Waals surface area contributed by atoms with Crippen molar-refractivity contribution in [1.82, 2.24) is 14.9 Å². The number of rotatable bonds is 5. The van der Waals surface area contributed by atoms with Crippen molar-refractivity contribution in [2.24, 2.45) is 5.92 Å². The third-order valence-corrected chi connectivity index (χ3v) is 4.74. The zero-order chi connectivity index (χ0) is 15.5. The third kappa shape index (κ3) is 3.23. The quantitative estimate of drug-likeness (QED) is 0.842. The molecule has 3 heterocycles. The van der Waals surface area contributed by atoms with E-state index in [1.807, 2.05) is 12.1 Å². The Labute approximate surface area is 135 Å². The van der Waals surface area contributed by atoms with Crippen LogP contribution < -0.4 is 4.74 Å². The monoisotopic (exact) mass is 315 g/mol. The summed E-state index contributed by atoms with van der Waals surface area (Å²) in [6, 6.07) is 6.65. The van der Waals surface area contributed by atoms with Gasteiger partial charge in [-0.25, -0.2) is 9.97 Å². The summed E-state index contributed by atoms with van der Waals surface area (Å²) >= 11 is 0. The van der Waals surface area contributed by atoms with Crippen molar-refractivity contribution in [3.63, 3.8) is 0 Å². The maximum Gasteiger partial charge on any atom is 0.316 e. The molecule has 0 N–H and O–H groups in total. The van der Waals surface area contributed by atoms with Crippen LogP contribution in [-0.4, -0.2) is 46.8 Å². The Balaban J connectivity index is 1.37. The lowest BCUT2D eigenvalue weighted by Crippen LogP contribution is -2.50. The molecule has 0 bridgehead atoms. The van der Waals surface area contributed by atoms with Gasteiger partial charge < -0.3 is 13.9 Å². The molecule has 122 valence electrons. The zero-order valence-electron chi connectivity index (χ0n) is 13.0. The van der Waals surface area contributed by atoms with E-state index in [4.69, 9.17) is 13.9 Å². The van der Waals surface area contributed by atoms with E-state index in [0.29, 0.717) is 24.6 Å². The van der Waals surface area contributed by atoms with Gasteiger partial charge in [0.05, 0.1) is 32.1 Å². The van der Waals surface area contributed by atoms with Gasteiger partial charge in [0.25, 0.3) is 0 Å². The molecule has 6 heteroatoms. The van der Waals surface area contributed by atoms with Gasteiger partial charge in [0.1, 0.15) is 5.76 Å². The number of hydrogen-bond donors (Lipinski definition) is 0. The van der Waals surface area contributed by atoms with Crippen molar-refractivity contribution < 1.29 is 13.9 Å². The van der Waals surface area contributed by atoms with Gasteiger partial charge in [-0.3, -0.25) is 4.90 Å². The normalized spacial score (nSPS) is 27.7. The molecule has 2 fully saturated rings. The topological polar surface area (TPSA) is 60.6 Å². The SMILES string of the molecule is c1cnc(OC[C@H]2CC[C@H]3[C@H]2OCCN3Cc2ccco2)nc1. The van der Waals surface area contributed by atoms with Gasteiger partial charge in [-0.1, -0.05) is 0 Å². The predicted molar refractivity (Wildman–Crippen MR) is 82.9 cm³/mol. The number of hydrogen-bond acceptors (Lipinski definition) is 6. The summed E-state index contributed by atoms with van der Waals surface area (Å²) in [6.45, 7) is 3.18. The van der Waals surface area contributed by atoms with E-state index < -0.39 is 0 Å². The summed E-state index contributed by atoms with van der Waals surface area (Å²) in [5, 5.41) is 0. The minimum absolute atomic E-state index is 0.224. The first-order valence-corrected chi connectivity index (χ1v) is 8.18. The molecule has 1 aliphatic heterocycles. The minimum Gasteiger partial charge on any atom is -0.468 e. The molecule has 0 aromatic carbocycles. The molecule has 1 saturated carbocycles. The molecule has 2 aromatic rings. The van der Waals surface area contributed by atoms with E-state index in [9.17, 15) is 0 Å².